The summed E-state index contributed by atoms with van der Waals surface area (Å²) < 4.78 is 21.9. The lowest BCUT2D eigenvalue weighted by Gasteiger charge is -2.28. The van der Waals surface area contributed by atoms with Gasteiger partial charge in [-0.05, 0) is 38.2 Å². The van der Waals surface area contributed by atoms with Crippen molar-refractivity contribution >= 4 is 17.8 Å². The van der Waals surface area contributed by atoms with Crippen molar-refractivity contribution in [2.45, 2.75) is 65.7 Å². The van der Waals surface area contributed by atoms with Crippen molar-refractivity contribution in [1.82, 2.24) is 10.3 Å². The molecule has 0 bridgehead atoms. The lowest BCUT2D eigenvalue weighted by atomic mass is 10.0. The van der Waals surface area contributed by atoms with E-state index >= 15 is 0 Å². The number of ether oxygens (including phenoxy) is 4. The van der Waals surface area contributed by atoms with Crippen molar-refractivity contribution in [2.75, 3.05) is 13.7 Å². The van der Waals surface area contributed by atoms with Crippen LogP contribution >= 0.6 is 0 Å². The summed E-state index contributed by atoms with van der Waals surface area (Å²) >= 11 is 0. The number of hydrogen-bond donors (Lipinski definition) is 1. The SMILES string of the molecule is COc1ccnc(C(=O)N[C@@H](C)C(=O)OC(C(C)C)[C@H](C)OCCCc2ccccc2)c1OC(C)=O. The molecule has 1 aromatic carbocycles. The molecule has 0 radical (unpaired) electrons. The minimum Gasteiger partial charge on any atom is -0.493 e. The fourth-order valence-electron chi connectivity index (χ4n) is 3.61. The van der Waals surface area contributed by atoms with Crippen LogP contribution in [0.15, 0.2) is 42.6 Å². The molecule has 0 spiro atoms. The zero-order valence-electron chi connectivity index (χ0n) is 21.8. The minimum atomic E-state index is -0.984. The number of nitrogens with zero attached hydrogens (tertiary/aromatic N) is 1. The van der Waals surface area contributed by atoms with E-state index in [0.29, 0.717) is 6.61 Å². The quantitative estimate of drug-likeness (QED) is 0.327. The second-order valence-corrected chi connectivity index (χ2v) is 8.79. The van der Waals surface area contributed by atoms with Crippen LogP contribution in [0.5, 0.6) is 11.5 Å². The monoisotopic (exact) mass is 500 g/mol. The van der Waals surface area contributed by atoms with Gasteiger partial charge in [-0.1, -0.05) is 44.2 Å². The van der Waals surface area contributed by atoms with Gasteiger partial charge < -0.3 is 24.3 Å². The second-order valence-electron chi connectivity index (χ2n) is 8.79. The highest BCUT2D eigenvalue weighted by Crippen LogP contribution is 2.29. The minimum absolute atomic E-state index is 0.00315. The number of amides is 1. The summed E-state index contributed by atoms with van der Waals surface area (Å²) in [6, 6.07) is 10.6. The highest BCUT2D eigenvalue weighted by atomic mass is 16.6. The third-order valence-corrected chi connectivity index (χ3v) is 5.46. The first kappa shape index (κ1) is 28.8. The Morgan fingerprint density at radius 2 is 1.72 bits per heavy atom. The first-order valence-electron chi connectivity index (χ1n) is 12.0. The molecule has 196 valence electrons. The number of pyridine rings is 1. The number of nitrogens with one attached hydrogen (secondary N) is 1. The maximum atomic E-state index is 12.8. The van der Waals surface area contributed by atoms with Gasteiger partial charge in [-0.25, -0.2) is 9.78 Å². The molecule has 9 nitrogen and oxygen atoms in total. The third kappa shape index (κ3) is 8.64. The van der Waals surface area contributed by atoms with Crippen LogP contribution in [0.2, 0.25) is 0 Å². The number of aryl methyl sites for hydroxylation is 1. The Morgan fingerprint density at radius 1 is 1.03 bits per heavy atom. The summed E-state index contributed by atoms with van der Waals surface area (Å²) in [7, 11) is 1.38. The number of methoxy groups -OCH3 is 1. The van der Waals surface area contributed by atoms with Crippen LogP contribution in [0.3, 0.4) is 0 Å². The van der Waals surface area contributed by atoms with E-state index in [9.17, 15) is 14.4 Å². The molecule has 0 aliphatic rings. The molecule has 36 heavy (non-hydrogen) atoms. The van der Waals surface area contributed by atoms with Gasteiger partial charge in [0.1, 0.15) is 12.1 Å². The van der Waals surface area contributed by atoms with Gasteiger partial charge in [0.15, 0.2) is 11.4 Å². The number of carbonyl (C=O) groups excluding carboxylic acids is 3. The summed E-state index contributed by atoms with van der Waals surface area (Å²) in [5, 5.41) is 2.55. The Balaban J connectivity index is 1.95. The number of carbonyl (C=O) groups is 3. The van der Waals surface area contributed by atoms with Gasteiger partial charge in [-0.3, -0.25) is 9.59 Å². The predicted molar refractivity (Wildman–Crippen MR) is 134 cm³/mol. The van der Waals surface area contributed by atoms with E-state index in [1.807, 2.05) is 39.0 Å². The van der Waals surface area contributed by atoms with Gasteiger partial charge in [-0.15, -0.1) is 0 Å². The van der Waals surface area contributed by atoms with Crippen LogP contribution in [0.25, 0.3) is 0 Å². The summed E-state index contributed by atoms with van der Waals surface area (Å²) in [6.07, 6.45) is 2.26. The molecule has 0 fully saturated rings. The van der Waals surface area contributed by atoms with E-state index in [1.54, 1.807) is 0 Å². The van der Waals surface area contributed by atoms with Crippen molar-refractivity contribution in [1.29, 1.82) is 0 Å². The molecule has 0 aliphatic heterocycles. The largest absolute Gasteiger partial charge is 0.493 e. The van der Waals surface area contributed by atoms with Crippen LogP contribution in [0.4, 0.5) is 0 Å². The van der Waals surface area contributed by atoms with E-state index in [2.05, 4.69) is 22.4 Å². The first-order valence-corrected chi connectivity index (χ1v) is 12.0. The zero-order chi connectivity index (χ0) is 26.7. The topological polar surface area (TPSA) is 113 Å². The Kier molecular flexibility index (Phi) is 11.3. The van der Waals surface area contributed by atoms with Gasteiger partial charge >= 0.3 is 11.9 Å². The highest BCUT2D eigenvalue weighted by Gasteiger charge is 2.30. The molecule has 1 N–H and O–H groups in total. The average molecular weight is 501 g/mol. The van der Waals surface area contributed by atoms with Crippen LogP contribution in [0.1, 0.15) is 57.1 Å². The smallest absolute Gasteiger partial charge is 0.328 e. The normalized spacial score (nSPS) is 13.4. The molecule has 2 rings (SSSR count). The van der Waals surface area contributed by atoms with Gasteiger partial charge in [0, 0.05) is 25.8 Å². The Labute approximate surface area is 212 Å². The predicted octanol–water partition coefficient (Wildman–Crippen LogP) is 3.74. The van der Waals surface area contributed by atoms with E-state index in [1.165, 1.54) is 38.8 Å². The van der Waals surface area contributed by atoms with E-state index in [-0.39, 0.29) is 29.2 Å². The second kappa shape index (κ2) is 14.2. The van der Waals surface area contributed by atoms with Crippen LogP contribution < -0.4 is 14.8 Å². The molecule has 1 aromatic heterocycles. The van der Waals surface area contributed by atoms with Gasteiger partial charge in [0.05, 0.1) is 13.2 Å². The maximum Gasteiger partial charge on any atom is 0.328 e. The van der Waals surface area contributed by atoms with Crippen molar-refractivity contribution in [3.05, 3.63) is 53.9 Å². The van der Waals surface area contributed by atoms with Gasteiger partial charge in [0.25, 0.3) is 5.91 Å². The van der Waals surface area contributed by atoms with Crippen molar-refractivity contribution in [3.8, 4) is 11.5 Å². The standard InChI is InChI=1S/C27H36N2O7/c1-17(2)24(19(4)34-16-10-13-21-11-8-7-9-12-21)36-27(32)18(3)29-26(31)23-25(35-20(5)30)22(33-6)14-15-28-23/h7-9,11-12,14-15,17-19,24H,10,13,16H2,1-6H3,(H,29,31)/t18-,19-,24?/m0/s1. The Bertz CT molecular complexity index is 1010. The third-order valence-electron chi connectivity index (χ3n) is 5.46. The molecule has 3 atom stereocenters. The molecule has 1 amide bonds. The fraction of sp³-hybridized carbons (Fsp3) is 0.481. The number of rotatable bonds is 13. The number of aromatic nitrogens is 1. The van der Waals surface area contributed by atoms with E-state index < -0.39 is 30.0 Å². The van der Waals surface area contributed by atoms with Crippen molar-refractivity contribution in [3.63, 3.8) is 0 Å². The zero-order valence-corrected chi connectivity index (χ0v) is 21.8. The molecule has 0 aliphatic carbocycles. The Morgan fingerprint density at radius 3 is 2.33 bits per heavy atom. The summed E-state index contributed by atoms with van der Waals surface area (Å²) in [5.41, 5.74) is 1.06. The summed E-state index contributed by atoms with van der Waals surface area (Å²) in [5.74, 6) is -1.92. The molecular formula is C27H36N2O7. The average Bonchev–Trinajstić information content (AvgIpc) is 2.84. The molecule has 0 saturated carbocycles. The van der Waals surface area contributed by atoms with Gasteiger partial charge in [-0.2, -0.15) is 0 Å². The fourth-order valence-corrected chi connectivity index (χ4v) is 3.61. The molecule has 1 heterocycles. The lowest BCUT2D eigenvalue weighted by Crippen LogP contribution is -2.44. The summed E-state index contributed by atoms with van der Waals surface area (Å²) in [4.78, 5) is 41.1. The molecular weight excluding hydrogens is 464 g/mol. The Hall–Kier alpha value is -3.46. The number of hydrogen-bond acceptors (Lipinski definition) is 8. The molecule has 2 aromatic rings. The molecule has 0 saturated heterocycles. The van der Waals surface area contributed by atoms with Crippen LogP contribution in [-0.4, -0.2) is 54.8 Å². The highest BCUT2D eigenvalue weighted by molar-refractivity contribution is 5.98. The van der Waals surface area contributed by atoms with Gasteiger partial charge in [0.2, 0.25) is 5.75 Å². The summed E-state index contributed by atoms with van der Waals surface area (Å²) in [6.45, 7) is 8.99. The van der Waals surface area contributed by atoms with Crippen molar-refractivity contribution < 1.29 is 33.3 Å². The van der Waals surface area contributed by atoms with Crippen molar-refractivity contribution in [2.24, 2.45) is 5.92 Å². The lowest BCUT2D eigenvalue weighted by molar-refractivity contribution is -0.162. The number of benzene rings is 1. The molecule has 9 heteroatoms. The van der Waals surface area contributed by atoms with Crippen LogP contribution in [0, 0.1) is 5.92 Å². The van der Waals surface area contributed by atoms with Crippen LogP contribution in [-0.2, 0) is 25.5 Å². The van der Waals surface area contributed by atoms with E-state index in [0.717, 1.165) is 12.8 Å². The van der Waals surface area contributed by atoms with E-state index in [4.69, 9.17) is 18.9 Å². The molecule has 1 unspecified atom stereocenters. The maximum absolute atomic E-state index is 12.8. The number of esters is 2. The first-order chi connectivity index (χ1) is 17.1.